The number of nitrogens with one attached hydrogen (secondary N) is 4. The summed E-state index contributed by atoms with van der Waals surface area (Å²) in [6, 6.07) is 13.3. The Morgan fingerprint density at radius 1 is 0.653 bits per heavy atom. The van der Waals surface area contributed by atoms with Crippen molar-refractivity contribution in [3.63, 3.8) is 0 Å². The predicted molar refractivity (Wildman–Crippen MR) is 265 cm³/mol. The van der Waals surface area contributed by atoms with E-state index in [1.54, 1.807) is 24.3 Å². The highest BCUT2D eigenvalue weighted by molar-refractivity contribution is 5.97. The summed E-state index contributed by atoms with van der Waals surface area (Å²) in [4.78, 5) is 124. The van der Waals surface area contributed by atoms with Gasteiger partial charge in [0.2, 0.25) is 11.8 Å². The van der Waals surface area contributed by atoms with Crippen molar-refractivity contribution < 1.29 is 48.9 Å². The molecule has 0 radical (unpaired) electrons. The summed E-state index contributed by atoms with van der Waals surface area (Å²) in [5.41, 5.74) is 3.76. The number of unbranched alkanes of at least 4 members (excludes halogenated alkanes) is 2. The monoisotopic (exact) mass is 1010 g/mol. The van der Waals surface area contributed by atoms with Crippen LogP contribution in [0.5, 0.6) is 0 Å². The van der Waals surface area contributed by atoms with Gasteiger partial charge in [-0.25, -0.2) is 10.1 Å². The van der Waals surface area contributed by atoms with Crippen LogP contribution in [0.15, 0.2) is 64.2 Å². The molecule has 2 aromatic heterocycles. The number of fused-ring (bicyclic) bond motifs is 2. The lowest BCUT2D eigenvalue weighted by Crippen LogP contribution is -2.47. The topological polar surface area (TPSA) is 292 Å². The van der Waals surface area contributed by atoms with Crippen molar-refractivity contribution in [2.24, 2.45) is 5.73 Å². The highest BCUT2D eigenvalue weighted by Crippen LogP contribution is 2.09. The smallest absolute Gasteiger partial charge is 0.296 e. The van der Waals surface area contributed by atoms with Gasteiger partial charge in [0, 0.05) is 65.7 Å². The Hall–Kier alpha value is -6.66. The fourth-order valence-electron chi connectivity index (χ4n) is 7.69. The maximum atomic E-state index is 14.0. The second kappa shape index (κ2) is 30.9. The lowest BCUT2D eigenvalue weighted by Gasteiger charge is -2.25. The fraction of sp³-hybridized carbons (Fsp3) is 0.551. The molecule has 396 valence electrons. The van der Waals surface area contributed by atoms with Crippen molar-refractivity contribution in [2.45, 2.75) is 90.2 Å². The number of benzene rings is 1. The van der Waals surface area contributed by atoms with Gasteiger partial charge in [0.25, 0.3) is 34.7 Å². The van der Waals surface area contributed by atoms with Gasteiger partial charge in [-0.15, -0.1) is 9.46 Å². The van der Waals surface area contributed by atoms with Crippen LogP contribution in [0.2, 0.25) is 0 Å². The SMILES string of the molecule is CCCCOn1c2ccc(c1=O)C(=O)NCCCN(CCC(=O)N(C)O)CCCCN(CCC(=O)N(C)O)CCCNC(=O)c1ccc(n(OCc3ccccc3)c1=O)C(=O)NC[C@H](CCCCN)NC2=O. The van der Waals surface area contributed by atoms with Gasteiger partial charge in [-0.2, -0.15) is 0 Å². The van der Waals surface area contributed by atoms with Crippen LogP contribution in [0, 0.1) is 0 Å². The zero-order chi connectivity index (χ0) is 52.4. The summed E-state index contributed by atoms with van der Waals surface area (Å²) < 4.78 is 1.57. The number of aromatic nitrogens is 2. The van der Waals surface area contributed by atoms with Gasteiger partial charge in [0.1, 0.15) is 35.7 Å². The molecule has 5 heterocycles. The fourth-order valence-corrected chi connectivity index (χ4v) is 7.69. The molecule has 3 aliphatic rings. The first-order valence-corrected chi connectivity index (χ1v) is 24.7. The first-order valence-electron chi connectivity index (χ1n) is 24.7. The Morgan fingerprint density at radius 3 is 1.68 bits per heavy atom. The zero-order valence-corrected chi connectivity index (χ0v) is 41.8. The standard InChI is InChI=1S/C49H73N11O12/c1-4-5-33-71-59-41-21-19-38(48(59)67)44(63)51-25-13-29-57(31-22-42(61)55(2)69)27-11-12-28-58(32-23-43(62)56(3)70)30-14-26-52-45(64)39-18-20-40(60(49(39)68)72-35-36-15-7-6-8-16-36)46(65)53-34-37(54-47(41)66)17-9-10-24-50/h6-8,15-16,18-21,37,69-70H,4-5,9-14,17,22-35,50H2,1-3H3,(H,51,63)(H,52,64)(H,53,65)(H,54,66)/t37-/m0/s1. The van der Waals surface area contributed by atoms with Gasteiger partial charge in [-0.05, 0) is 107 Å². The quantitative estimate of drug-likeness (QED) is 0.0555. The van der Waals surface area contributed by atoms with E-state index in [0.717, 1.165) is 9.46 Å². The summed E-state index contributed by atoms with van der Waals surface area (Å²) in [7, 11) is 2.50. The molecule has 8 N–H and O–H groups in total. The summed E-state index contributed by atoms with van der Waals surface area (Å²) in [5, 5.41) is 31.6. The lowest BCUT2D eigenvalue weighted by molar-refractivity contribution is -0.160. The van der Waals surface area contributed by atoms with E-state index in [2.05, 4.69) is 21.3 Å². The van der Waals surface area contributed by atoms with Crippen molar-refractivity contribution in [1.82, 2.24) is 50.7 Å². The van der Waals surface area contributed by atoms with E-state index >= 15 is 0 Å². The van der Waals surface area contributed by atoms with Crippen LogP contribution in [0.4, 0.5) is 0 Å². The molecule has 0 aliphatic carbocycles. The van der Waals surface area contributed by atoms with Gasteiger partial charge in [-0.1, -0.05) is 50.1 Å². The van der Waals surface area contributed by atoms with E-state index in [-0.39, 0.29) is 68.2 Å². The number of hydrogen-bond donors (Lipinski definition) is 7. The molecule has 23 nitrogen and oxygen atoms in total. The van der Waals surface area contributed by atoms with E-state index in [1.165, 1.54) is 38.4 Å². The minimum absolute atomic E-state index is 0.0316. The van der Waals surface area contributed by atoms with E-state index in [0.29, 0.717) is 119 Å². The molecule has 4 bridgehead atoms. The molecule has 23 heteroatoms. The Labute approximate surface area is 419 Å². The van der Waals surface area contributed by atoms with E-state index in [9.17, 15) is 48.8 Å². The minimum atomic E-state index is -0.892. The third kappa shape index (κ3) is 18.8. The third-order valence-electron chi connectivity index (χ3n) is 11.9. The maximum Gasteiger partial charge on any atom is 0.296 e. The van der Waals surface area contributed by atoms with Crippen molar-refractivity contribution in [3.05, 3.63) is 103 Å². The molecule has 0 unspecified atom stereocenters. The van der Waals surface area contributed by atoms with E-state index < -0.39 is 52.6 Å². The summed E-state index contributed by atoms with van der Waals surface area (Å²) in [6.07, 6.45) is 5.02. The first kappa shape index (κ1) is 57.9. The highest BCUT2D eigenvalue weighted by atomic mass is 16.7. The zero-order valence-electron chi connectivity index (χ0n) is 41.8. The Balaban J connectivity index is 1.69. The molecule has 1 atom stereocenters. The number of rotatable bonds is 17. The molecule has 0 saturated heterocycles. The number of nitrogens with two attached hydrogens (primary N) is 1. The van der Waals surface area contributed by atoms with Gasteiger partial charge in [0.05, 0.1) is 0 Å². The summed E-state index contributed by atoms with van der Waals surface area (Å²) in [5.74, 6) is -3.81. The number of hydrogen-bond acceptors (Lipinski definition) is 15. The minimum Gasteiger partial charge on any atom is -0.410 e. The highest BCUT2D eigenvalue weighted by Gasteiger charge is 2.25. The molecule has 6 amide bonds. The Morgan fingerprint density at radius 2 is 1.17 bits per heavy atom. The molecule has 0 saturated carbocycles. The molecular weight excluding hydrogens is 935 g/mol. The molecule has 3 aliphatic heterocycles. The molecule has 72 heavy (non-hydrogen) atoms. The molecule has 6 rings (SSSR count). The number of carbonyl (C=O) groups is 6. The van der Waals surface area contributed by atoms with E-state index in [1.807, 2.05) is 22.8 Å². The molecule has 1 aromatic carbocycles. The van der Waals surface area contributed by atoms with Gasteiger partial charge in [-0.3, -0.25) is 48.8 Å². The average Bonchev–Trinajstić information content (AvgIpc) is 3.36. The second-order valence-electron chi connectivity index (χ2n) is 17.5. The summed E-state index contributed by atoms with van der Waals surface area (Å²) >= 11 is 0. The number of hydroxylamine groups is 4. The predicted octanol–water partition coefficient (Wildman–Crippen LogP) is 0.638. The molecule has 3 aromatic rings. The van der Waals surface area contributed by atoms with Crippen LogP contribution in [0.3, 0.4) is 0 Å². The van der Waals surface area contributed by atoms with Crippen LogP contribution < -0.4 is 47.8 Å². The molecule has 0 fully saturated rings. The normalized spacial score (nSPS) is 16.5. The molecular formula is C49H73N11O12. The van der Waals surface area contributed by atoms with Gasteiger partial charge < -0.3 is 46.5 Å². The van der Waals surface area contributed by atoms with Crippen molar-refractivity contribution in [2.75, 3.05) is 86.1 Å². The van der Waals surface area contributed by atoms with Crippen LogP contribution in [0.1, 0.15) is 125 Å². The average molecular weight is 1010 g/mol. The molecule has 0 spiro atoms. The van der Waals surface area contributed by atoms with Gasteiger partial charge in [0.15, 0.2) is 0 Å². The van der Waals surface area contributed by atoms with Crippen molar-refractivity contribution in [1.29, 1.82) is 0 Å². The van der Waals surface area contributed by atoms with Gasteiger partial charge >= 0.3 is 0 Å². The Kier molecular flexibility index (Phi) is 24.9. The van der Waals surface area contributed by atoms with E-state index in [4.69, 9.17) is 15.4 Å². The maximum absolute atomic E-state index is 14.0. The second-order valence-corrected chi connectivity index (χ2v) is 17.5. The van der Waals surface area contributed by atoms with Crippen LogP contribution >= 0.6 is 0 Å². The van der Waals surface area contributed by atoms with Crippen molar-refractivity contribution >= 4 is 35.4 Å². The Bertz CT molecular complexity index is 2360. The number of amides is 6. The van der Waals surface area contributed by atoms with Crippen LogP contribution in [0.25, 0.3) is 0 Å². The first-order chi connectivity index (χ1) is 34.6. The van der Waals surface area contributed by atoms with Crippen LogP contribution in [-0.4, -0.2) is 167 Å². The largest absolute Gasteiger partial charge is 0.410 e. The summed E-state index contributed by atoms with van der Waals surface area (Å²) in [6.45, 7) is 5.01. The number of nitrogens with zero attached hydrogens (tertiary/aromatic N) is 6. The van der Waals surface area contributed by atoms with Crippen LogP contribution in [-0.2, 0) is 16.2 Å². The van der Waals surface area contributed by atoms with Crippen molar-refractivity contribution in [3.8, 4) is 0 Å². The number of carbonyl (C=O) groups excluding carboxylic acids is 6. The lowest BCUT2D eigenvalue weighted by atomic mass is 10.1. The number of pyridine rings is 2. The third-order valence-corrected chi connectivity index (χ3v) is 11.9.